The summed E-state index contributed by atoms with van der Waals surface area (Å²) in [4.78, 5) is 15.5. The predicted molar refractivity (Wildman–Crippen MR) is 155 cm³/mol. The first-order chi connectivity index (χ1) is 18.6. The molecule has 3 aromatic carbocycles. The Kier molecular flexibility index (Phi) is 8.63. The van der Waals surface area contributed by atoms with Gasteiger partial charge >= 0.3 is 6.03 Å². The van der Waals surface area contributed by atoms with Gasteiger partial charge in [-0.05, 0) is 49.1 Å². The van der Waals surface area contributed by atoms with Crippen molar-refractivity contribution in [2.75, 3.05) is 44.0 Å². The average molecular weight is 531 g/mol. The molecule has 0 saturated carbocycles. The van der Waals surface area contributed by atoms with Gasteiger partial charge in [0.05, 0.1) is 36.3 Å². The van der Waals surface area contributed by atoms with Crippen molar-refractivity contribution in [3.8, 4) is 17.6 Å². The molecule has 0 bridgehead atoms. The first-order valence-electron chi connectivity index (χ1n) is 13.3. The third-order valence-electron chi connectivity index (χ3n) is 6.82. The van der Waals surface area contributed by atoms with Crippen molar-refractivity contribution in [1.82, 2.24) is 4.90 Å². The molecule has 2 atom stereocenters. The molecule has 1 saturated heterocycles. The molecule has 4 rings (SSSR count). The van der Waals surface area contributed by atoms with Gasteiger partial charge in [-0.15, -0.1) is 0 Å². The number of rotatable bonds is 7. The van der Waals surface area contributed by atoms with Gasteiger partial charge in [-0.2, -0.15) is 5.26 Å². The number of benzene rings is 3. The van der Waals surface area contributed by atoms with E-state index in [9.17, 15) is 10.1 Å². The summed E-state index contributed by atoms with van der Waals surface area (Å²) < 4.78 is 17.5. The first-order valence-corrected chi connectivity index (χ1v) is 13.3. The SMILES string of the molecule is COc1c(C#N)cc(C(C)(C)C)cc1NC(=O)Nc1ccc(OCCN2C[C@@H](C)O[C@@H](C)C2)c2ccccc12. The number of morpholine rings is 1. The molecule has 0 radical (unpaired) electrons. The van der Waals surface area contributed by atoms with E-state index in [0.717, 1.165) is 41.7 Å². The molecule has 8 nitrogen and oxygen atoms in total. The fourth-order valence-electron chi connectivity index (χ4n) is 4.99. The number of fused-ring (bicyclic) bond motifs is 1. The molecule has 1 heterocycles. The molecule has 2 amide bonds. The average Bonchev–Trinajstić information content (AvgIpc) is 2.88. The molecular formula is C31H38N4O4. The van der Waals surface area contributed by atoms with E-state index < -0.39 is 6.03 Å². The van der Waals surface area contributed by atoms with Crippen LogP contribution in [0.5, 0.6) is 11.5 Å². The Morgan fingerprint density at radius 2 is 1.72 bits per heavy atom. The highest BCUT2D eigenvalue weighted by Crippen LogP contribution is 2.36. The third-order valence-corrected chi connectivity index (χ3v) is 6.82. The normalized spacial score (nSPS) is 17.9. The summed E-state index contributed by atoms with van der Waals surface area (Å²) in [5.41, 5.74) is 2.17. The summed E-state index contributed by atoms with van der Waals surface area (Å²) in [7, 11) is 1.49. The van der Waals surface area contributed by atoms with Gasteiger partial charge in [-0.3, -0.25) is 4.90 Å². The van der Waals surface area contributed by atoms with Crippen LogP contribution in [0.15, 0.2) is 48.5 Å². The number of nitrogens with zero attached hydrogens (tertiary/aromatic N) is 2. The van der Waals surface area contributed by atoms with Gasteiger partial charge in [0, 0.05) is 30.4 Å². The third kappa shape index (κ3) is 6.80. The van der Waals surface area contributed by atoms with Gasteiger partial charge in [-0.25, -0.2) is 4.79 Å². The lowest BCUT2D eigenvalue weighted by molar-refractivity contribution is -0.0699. The van der Waals surface area contributed by atoms with E-state index in [0.29, 0.717) is 29.3 Å². The number of nitrogens with one attached hydrogen (secondary N) is 2. The highest BCUT2D eigenvalue weighted by Gasteiger charge is 2.23. The fourth-order valence-corrected chi connectivity index (χ4v) is 4.99. The topological polar surface area (TPSA) is 95.8 Å². The Morgan fingerprint density at radius 1 is 1.05 bits per heavy atom. The monoisotopic (exact) mass is 530 g/mol. The molecule has 39 heavy (non-hydrogen) atoms. The van der Waals surface area contributed by atoms with E-state index in [4.69, 9.17) is 14.2 Å². The minimum Gasteiger partial charge on any atom is -0.493 e. The molecule has 0 spiro atoms. The quantitative estimate of drug-likeness (QED) is 0.380. The molecule has 0 unspecified atom stereocenters. The van der Waals surface area contributed by atoms with Crippen molar-refractivity contribution in [1.29, 1.82) is 5.26 Å². The Labute approximate surface area is 230 Å². The largest absolute Gasteiger partial charge is 0.493 e. The number of anilines is 2. The maximum absolute atomic E-state index is 13.1. The molecule has 1 aliphatic rings. The lowest BCUT2D eigenvalue weighted by Gasteiger charge is -2.35. The number of amides is 2. The van der Waals surface area contributed by atoms with Gasteiger partial charge < -0.3 is 24.8 Å². The molecular weight excluding hydrogens is 492 g/mol. The van der Waals surface area contributed by atoms with Crippen LogP contribution in [0.4, 0.5) is 16.2 Å². The van der Waals surface area contributed by atoms with Crippen LogP contribution < -0.4 is 20.1 Å². The molecule has 3 aromatic rings. The van der Waals surface area contributed by atoms with Crippen LogP contribution in [0.3, 0.4) is 0 Å². The number of methoxy groups -OCH3 is 1. The summed E-state index contributed by atoms with van der Waals surface area (Å²) in [5, 5.41) is 17.3. The number of ether oxygens (including phenoxy) is 3. The summed E-state index contributed by atoms with van der Waals surface area (Å²) in [6, 6.07) is 17.0. The number of carbonyl (C=O) groups is 1. The zero-order chi connectivity index (χ0) is 28.2. The second-order valence-corrected chi connectivity index (χ2v) is 11.1. The van der Waals surface area contributed by atoms with Crippen LogP contribution in [0.25, 0.3) is 10.8 Å². The van der Waals surface area contributed by atoms with Crippen molar-refractivity contribution in [3.05, 3.63) is 59.7 Å². The van der Waals surface area contributed by atoms with E-state index in [-0.39, 0.29) is 17.6 Å². The highest BCUT2D eigenvalue weighted by molar-refractivity contribution is 6.08. The molecule has 2 N–H and O–H groups in total. The van der Waals surface area contributed by atoms with Crippen LogP contribution >= 0.6 is 0 Å². The maximum Gasteiger partial charge on any atom is 0.323 e. The number of urea groups is 1. The second kappa shape index (κ2) is 11.9. The zero-order valence-corrected chi connectivity index (χ0v) is 23.6. The number of carbonyl (C=O) groups excluding carboxylic acids is 1. The van der Waals surface area contributed by atoms with E-state index in [1.54, 1.807) is 6.07 Å². The maximum atomic E-state index is 13.1. The van der Waals surface area contributed by atoms with Crippen LogP contribution in [-0.2, 0) is 10.2 Å². The van der Waals surface area contributed by atoms with E-state index >= 15 is 0 Å². The van der Waals surface area contributed by atoms with Crippen LogP contribution in [0.1, 0.15) is 45.7 Å². The summed E-state index contributed by atoms with van der Waals surface area (Å²) in [6.45, 7) is 13.5. The standard InChI is InChI=1S/C31H38N4O4/c1-20-18-35(19-21(2)39-20)13-14-38-28-12-11-26(24-9-7-8-10-25(24)28)33-30(36)34-27-16-23(31(3,4)5)15-22(17-32)29(27)37-6/h7-12,15-16,20-21H,13-14,18-19H2,1-6H3,(H2,33,34,36)/t20-,21+. The van der Waals surface area contributed by atoms with E-state index in [1.807, 2.05) is 42.5 Å². The van der Waals surface area contributed by atoms with Gasteiger partial charge in [0.15, 0.2) is 5.75 Å². The van der Waals surface area contributed by atoms with Crippen molar-refractivity contribution in [3.63, 3.8) is 0 Å². The van der Waals surface area contributed by atoms with E-state index in [1.165, 1.54) is 7.11 Å². The second-order valence-electron chi connectivity index (χ2n) is 11.1. The smallest absolute Gasteiger partial charge is 0.323 e. The van der Waals surface area contributed by atoms with E-state index in [2.05, 4.69) is 56.2 Å². The number of nitriles is 1. The van der Waals surface area contributed by atoms with Gasteiger partial charge in [0.1, 0.15) is 18.4 Å². The van der Waals surface area contributed by atoms with Gasteiger partial charge in [0.2, 0.25) is 0 Å². The Bertz CT molecular complexity index is 1370. The molecule has 0 aromatic heterocycles. The first kappa shape index (κ1) is 28.2. The lowest BCUT2D eigenvalue weighted by Crippen LogP contribution is -2.46. The van der Waals surface area contributed by atoms with Crippen LogP contribution in [-0.4, -0.2) is 56.5 Å². The summed E-state index contributed by atoms with van der Waals surface area (Å²) in [5.74, 6) is 1.10. The van der Waals surface area contributed by atoms with Gasteiger partial charge in [0.25, 0.3) is 0 Å². The Balaban J connectivity index is 1.50. The Morgan fingerprint density at radius 3 is 2.36 bits per heavy atom. The summed E-state index contributed by atoms with van der Waals surface area (Å²) >= 11 is 0. The van der Waals surface area contributed by atoms with Crippen LogP contribution in [0, 0.1) is 11.3 Å². The van der Waals surface area contributed by atoms with Crippen molar-refractivity contribution >= 4 is 28.2 Å². The minimum atomic E-state index is -0.433. The summed E-state index contributed by atoms with van der Waals surface area (Å²) in [6.07, 6.45) is 0.432. The minimum absolute atomic E-state index is 0.213. The Hall–Kier alpha value is -3.80. The molecule has 1 aliphatic heterocycles. The molecule has 1 fully saturated rings. The molecule has 8 heteroatoms. The number of hydrogen-bond acceptors (Lipinski definition) is 6. The lowest BCUT2D eigenvalue weighted by atomic mass is 9.85. The highest BCUT2D eigenvalue weighted by atomic mass is 16.5. The number of hydrogen-bond donors (Lipinski definition) is 2. The van der Waals surface area contributed by atoms with Crippen molar-refractivity contribution < 1.29 is 19.0 Å². The zero-order valence-electron chi connectivity index (χ0n) is 23.6. The predicted octanol–water partition coefficient (Wildman–Crippen LogP) is 6.15. The molecule has 0 aliphatic carbocycles. The van der Waals surface area contributed by atoms with Crippen molar-refractivity contribution in [2.45, 2.75) is 52.2 Å². The van der Waals surface area contributed by atoms with Crippen LogP contribution in [0.2, 0.25) is 0 Å². The molecule has 206 valence electrons. The fraction of sp³-hybridized carbons (Fsp3) is 0.419. The van der Waals surface area contributed by atoms with Gasteiger partial charge in [-0.1, -0.05) is 45.0 Å². The van der Waals surface area contributed by atoms with Crippen molar-refractivity contribution in [2.24, 2.45) is 0 Å².